The minimum atomic E-state index is -0.847. The summed E-state index contributed by atoms with van der Waals surface area (Å²) in [6, 6.07) is 5.17. The molecule has 1 aromatic heterocycles. The van der Waals surface area contributed by atoms with E-state index in [0.717, 1.165) is 0 Å². The molecule has 0 saturated carbocycles. The molecule has 1 aromatic rings. The molecular formula is C11H12ClNO3. The van der Waals surface area contributed by atoms with Gasteiger partial charge >= 0.3 is 5.97 Å². The zero-order valence-corrected chi connectivity index (χ0v) is 9.40. The van der Waals surface area contributed by atoms with E-state index in [1.54, 1.807) is 24.4 Å². The van der Waals surface area contributed by atoms with Crippen LogP contribution < -0.4 is 0 Å². The van der Waals surface area contributed by atoms with Gasteiger partial charge in [-0.05, 0) is 12.1 Å². The first-order valence-electron chi connectivity index (χ1n) is 4.45. The summed E-state index contributed by atoms with van der Waals surface area (Å²) in [6.07, 6.45) is 2.94. The lowest BCUT2D eigenvalue weighted by molar-refractivity contribution is -0.152. The van der Waals surface area contributed by atoms with E-state index >= 15 is 0 Å². The van der Waals surface area contributed by atoms with Crippen molar-refractivity contribution >= 4 is 24.2 Å². The molecule has 0 radical (unpaired) electrons. The number of Topliss-reactive ketones (excluding diaryl/α,β-unsaturated/α-hetero) is 1. The summed E-state index contributed by atoms with van der Waals surface area (Å²) in [6.45, 7) is 3.42. The van der Waals surface area contributed by atoms with Crippen LogP contribution in [0.5, 0.6) is 0 Å². The highest BCUT2D eigenvalue weighted by Crippen LogP contribution is 1.96. The van der Waals surface area contributed by atoms with Gasteiger partial charge in [-0.2, -0.15) is 0 Å². The molecule has 0 spiro atoms. The van der Waals surface area contributed by atoms with Crippen LogP contribution in [0, 0.1) is 0 Å². The van der Waals surface area contributed by atoms with Crippen LogP contribution >= 0.6 is 12.4 Å². The molecule has 0 bridgehead atoms. The van der Waals surface area contributed by atoms with Crippen molar-refractivity contribution in [1.29, 1.82) is 0 Å². The number of nitrogens with zero attached hydrogens (tertiary/aromatic N) is 1. The second-order valence-corrected chi connectivity index (χ2v) is 2.81. The van der Waals surface area contributed by atoms with Crippen LogP contribution in [0.3, 0.4) is 0 Å². The Labute approximate surface area is 99.7 Å². The Balaban J connectivity index is 0.00000225. The van der Waals surface area contributed by atoms with Crippen molar-refractivity contribution in [2.45, 2.75) is 6.42 Å². The third kappa shape index (κ3) is 4.70. The number of hydrogen-bond donors (Lipinski definition) is 0. The standard InChI is InChI=1S/C11H11NO3.ClH/c1-2-7-15-11(14)10(13)8-9-5-3-4-6-12-9;/h2-6H,1,7-8H2;1H. The predicted molar refractivity (Wildman–Crippen MR) is 61.4 cm³/mol. The van der Waals surface area contributed by atoms with E-state index in [4.69, 9.17) is 0 Å². The van der Waals surface area contributed by atoms with Crippen LogP contribution in [0.2, 0.25) is 0 Å². The van der Waals surface area contributed by atoms with Crippen LogP contribution in [-0.2, 0) is 20.7 Å². The highest BCUT2D eigenvalue weighted by Gasteiger charge is 2.15. The van der Waals surface area contributed by atoms with Gasteiger partial charge in [-0.3, -0.25) is 9.78 Å². The molecule has 0 fully saturated rings. The summed E-state index contributed by atoms with van der Waals surface area (Å²) in [5.41, 5.74) is 0.554. The van der Waals surface area contributed by atoms with E-state index in [1.807, 2.05) is 0 Å². The van der Waals surface area contributed by atoms with Gasteiger partial charge in [0.05, 0.1) is 6.42 Å². The van der Waals surface area contributed by atoms with Gasteiger partial charge in [0, 0.05) is 11.9 Å². The normalized spacial score (nSPS) is 8.75. The molecule has 0 amide bonds. The lowest BCUT2D eigenvalue weighted by atomic mass is 10.2. The van der Waals surface area contributed by atoms with Crippen molar-refractivity contribution in [3.8, 4) is 0 Å². The highest BCUT2D eigenvalue weighted by molar-refractivity contribution is 6.34. The number of hydrogen-bond acceptors (Lipinski definition) is 4. The Morgan fingerprint density at radius 1 is 1.44 bits per heavy atom. The van der Waals surface area contributed by atoms with Crippen molar-refractivity contribution in [3.05, 3.63) is 42.7 Å². The van der Waals surface area contributed by atoms with Crippen LogP contribution in [0.1, 0.15) is 5.69 Å². The Morgan fingerprint density at radius 2 is 2.19 bits per heavy atom. The monoisotopic (exact) mass is 241 g/mol. The van der Waals surface area contributed by atoms with Crippen molar-refractivity contribution < 1.29 is 14.3 Å². The van der Waals surface area contributed by atoms with Crippen LogP contribution in [0.25, 0.3) is 0 Å². The van der Waals surface area contributed by atoms with Crippen LogP contribution in [-0.4, -0.2) is 23.3 Å². The molecule has 86 valence electrons. The van der Waals surface area contributed by atoms with Crippen molar-refractivity contribution in [2.75, 3.05) is 6.61 Å². The fourth-order valence-electron chi connectivity index (χ4n) is 0.954. The summed E-state index contributed by atoms with van der Waals surface area (Å²) < 4.78 is 4.59. The van der Waals surface area contributed by atoms with Crippen molar-refractivity contribution in [2.24, 2.45) is 0 Å². The van der Waals surface area contributed by atoms with Gasteiger partial charge in [-0.15, -0.1) is 12.4 Å². The molecule has 0 aliphatic rings. The van der Waals surface area contributed by atoms with Gasteiger partial charge in [0.2, 0.25) is 5.78 Å². The molecular weight excluding hydrogens is 230 g/mol. The Kier molecular flexibility index (Phi) is 6.79. The van der Waals surface area contributed by atoms with E-state index in [1.165, 1.54) is 6.08 Å². The fraction of sp³-hybridized carbons (Fsp3) is 0.182. The smallest absolute Gasteiger partial charge is 0.375 e. The Morgan fingerprint density at radius 3 is 2.75 bits per heavy atom. The molecule has 1 rings (SSSR count). The van der Waals surface area contributed by atoms with Crippen molar-refractivity contribution in [3.63, 3.8) is 0 Å². The number of carbonyl (C=O) groups excluding carboxylic acids is 2. The molecule has 0 aromatic carbocycles. The quantitative estimate of drug-likeness (QED) is 0.444. The zero-order valence-electron chi connectivity index (χ0n) is 8.59. The number of halogens is 1. The summed E-state index contributed by atoms with van der Waals surface area (Å²) in [4.78, 5) is 26.3. The molecule has 0 aliphatic heterocycles. The Hall–Kier alpha value is -1.68. The number of ketones is 1. The molecule has 4 nitrogen and oxygen atoms in total. The van der Waals surface area contributed by atoms with E-state index in [9.17, 15) is 9.59 Å². The molecule has 16 heavy (non-hydrogen) atoms. The molecule has 0 atom stereocenters. The molecule has 0 aliphatic carbocycles. The molecule has 0 saturated heterocycles. The fourth-order valence-corrected chi connectivity index (χ4v) is 0.954. The maximum Gasteiger partial charge on any atom is 0.375 e. The van der Waals surface area contributed by atoms with Crippen LogP contribution in [0.4, 0.5) is 0 Å². The Bertz CT molecular complexity index is 365. The maximum absolute atomic E-state index is 11.3. The third-order valence-corrected chi connectivity index (χ3v) is 1.63. The number of ether oxygens (including phenoxy) is 1. The lowest BCUT2D eigenvalue weighted by Gasteiger charge is -2.00. The van der Waals surface area contributed by atoms with E-state index in [-0.39, 0.29) is 25.4 Å². The summed E-state index contributed by atoms with van der Waals surface area (Å²) in [5.74, 6) is -1.45. The zero-order chi connectivity index (χ0) is 11.1. The van der Waals surface area contributed by atoms with E-state index < -0.39 is 11.8 Å². The van der Waals surface area contributed by atoms with E-state index in [0.29, 0.717) is 5.69 Å². The average molecular weight is 242 g/mol. The predicted octanol–water partition coefficient (Wildman–Crippen LogP) is 1.34. The number of rotatable bonds is 5. The first-order valence-corrected chi connectivity index (χ1v) is 4.45. The number of pyridine rings is 1. The first-order chi connectivity index (χ1) is 7.24. The van der Waals surface area contributed by atoms with Crippen LogP contribution in [0.15, 0.2) is 37.1 Å². The van der Waals surface area contributed by atoms with Gasteiger partial charge in [-0.25, -0.2) is 4.79 Å². The van der Waals surface area contributed by atoms with Gasteiger partial charge in [0.15, 0.2) is 0 Å². The van der Waals surface area contributed by atoms with Crippen molar-refractivity contribution in [1.82, 2.24) is 4.98 Å². The highest BCUT2D eigenvalue weighted by atomic mass is 35.5. The summed E-state index contributed by atoms with van der Waals surface area (Å²) >= 11 is 0. The number of esters is 1. The topological polar surface area (TPSA) is 56.3 Å². The number of carbonyl (C=O) groups is 2. The van der Waals surface area contributed by atoms with Gasteiger partial charge in [-0.1, -0.05) is 18.7 Å². The molecule has 0 N–H and O–H groups in total. The lowest BCUT2D eigenvalue weighted by Crippen LogP contribution is -2.19. The minimum absolute atomic E-state index is 0. The van der Waals surface area contributed by atoms with Gasteiger partial charge in [0.25, 0.3) is 0 Å². The summed E-state index contributed by atoms with van der Waals surface area (Å²) in [7, 11) is 0. The average Bonchev–Trinajstić information content (AvgIpc) is 2.27. The minimum Gasteiger partial charge on any atom is -0.456 e. The second kappa shape index (κ2) is 7.59. The molecule has 1 heterocycles. The van der Waals surface area contributed by atoms with Gasteiger partial charge in [0.1, 0.15) is 6.61 Å². The SMILES string of the molecule is C=CCOC(=O)C(=O)Cc1ccccn1.Cl. The van der Waals surface area contributed by atoms with Gasteiger partial charge < -0.3 is 4.74 Å². The molecule has 0 unspecified atom stereocenters. The maximum atomic E-state index is 11.3. The third-order valence-electron chi connectivity index (χ3n) is 1.63. The van der Waals surface area contributed by atoms with E-state index in [2.05, 4.69) is 16.3 Å². The second-order valence-electron chi connectivity index (χ2n) is 2.81. The molecule has 5 heteroatoms. The first kappa shape index (κ1) is 14.3. The summed E-state index contributed by atoms with van der Waals surface area (Å²) in [5, 5.41) is 0. The largest absolute Gasteiger partial charge is 0.456 e. The number of aromatic nitrogens is 1.